The molecule has 12 nitrogen and oxygen atoms in total. The number of para-hydroxylation sites is 1. The lowest BCUT2D eigenvalue weighted by molar-refractivity contribution is -0.142. The number of amides is 3. The second kappa shape index (κ2) is 19.4. The minimum absolute atomic E-state index is 0.107. The average molecular weight is 796 g/mol. The number of halogens is 1. The quantitative estimate of drug-likeness (QED) is 0.103. The molecule has 5 aromatic rings. The highest BCUT2D eigenvalue weighted by Crippen LogP contribution is 2.41. The Labute approximate surface area is 336 Å². The van der Waals surface area contributed by atoms with Crippen LogP contribution in [0.5, 0.6) is 0 Å². The summed E-state index contributed by atoms with van der Waals surface area (Å²) in [7, 11) is 1.64. The van der Waals surface area contributed by atoms with E-state index in [9.17, 15) is 14.4 Å². The fourth-order valence-corrected chi connectivity index (χ4v) is 8.56. The number of pyridine rings is 2. The molecule has 3 atom stereocenters. The number of nitrogens with zero attached hydrogens (tertiary/aromatic N) is 3. The fraction of sp³-hybridized carbons (Fsp3) is 0.357. The number of carbonyl (C=O) groups is 3. The van der Waals surface area contributed by atoms with Crippen molar-refractivity contribution in [3.05, 3.63) is 107 Å². The number of likely N-dealkylation sites (N-methyl/N-ethyl adjacent to an activating group) is 1. The van der Waals surface area contributed by atoms with Gasteiger partial charge in [0.15, 0.2) is 0 Å². The van der Waals surface area contributed by atoms with Crippen LogP contribution in [0.15, 0.2) is 89.2 Å². The van der Waals surface area contributed by atoms with E-state index in [1.54, 1.807) is 25.6 Å². The molecular formula is C42H50ClN9O3S. The van der Waals surface area contributed by atoms with Crippen LogP contribution in [0.1, 0.15) is 54.5 Å². The predicted molar refractivity (Wildman–Crippen MR) is 222 cm³/mol. The van der Waals surface area contributed by atoms with Gasteiger partial charge in [-0.1, -0.05) is 59.8 Å². The largest absolute Gasteiger partial charge is 0.358 e. The van der Waals surface area contributed by atoms with Crippen LogP contribution >= 0.6 is 23.4 Å². The van der Waals surface area contributed by atoms with Crippen molar-refractivity contribution in [3.8, 4) is 11.1 Å². The summed E-state index contributed by atoms with van der Waals surface area (Å²) in [6.45, 7) is 3.26. The summed E-state index contributed by atoms with van der Waals surface area (Å²) in [5.74, 6) is -1.03. The lowest BCUT2D eigenvalue weighted by Gasteiger charge is -2.32. The van der Waals surface area contributed by atoms with Crippen molar-refractivity contribution in [2.75, 3.05) is 20.1 Å². The Morgan fingerprint density at radius 1 is 0.893 bits per heavy atom. The van der Waals surface area contributed by atoms with Crippen LogP contribution < -0.4 is 27.4 Å². The predicted octanol–water partition coefficient (Wildman–Crippen LogP) is 5.25. The van der Waals surface area contributed by atoms with Gasteiger partial charge in [-0.15, -0.1) is 0 Å². The molecule has 294 valence electrons. The molecule has 2 aromatic carbocycles. The number of nitrogens with one attached hydrogen (secondary N) is 4. The zero-order valence-electron chi connectivity index (χ0n) is 31.8. The van der Waals surface area contributed by atoms with E-state index in [0.29, 0.717) is 61.8 Å². The third-order valence-electron chi connectivity index (χ3n) is 10.3. The Bertz CT molecular complexity index is 2150. The summed E-state index contributed by atoms with van der Waals surface area (Å²) in [4.78, 5) is 58.2. The maximum Gasteiger partial charge on any atom is 0.245 e. The number of benzene rings is 2. The van der Waals surface area contributed by atoms with E-state index in [2.05, 4.69) is 25.9 Å². The van der Waals surface area contributed by atoms with E-state index in [-0.39, 0.29) is 30.7 Å². The van der Waals surface area contributed by atoms with Crippen LogP contribution in [0.25, 0.3) is 22.0 Å². The lowest BCUT2D eigenvalue weighted by Crippen LogP contribution is -2.57. The number of carbonyl (C=O) groups excluding carboxylic acids is 3. The lowest BCUT2D eigenvalue weighted by atomic mass is 9.98. The summed E-state index contributed by atoms with van der Waals surface area (Å²) in [6, 6.07) is 16.9. The van der Waals surface area contributed by atoms with E-state index in [1.165, 1.54) is 16.7 Å². The monoisotopic (exact) mass is 795 g/mol. The van der Waals surface area contributed by atoms with Gasteiger partial charge in [0.05, 0.1) is 11.1 Å². The zero-order valence-corrected chi connectivity index (χ0v) is 33.4. The first-order valence-corrected chi connectivity index (χ1v) is 20.3. The molecule has 3 aromatic heterocycles. The van der Waals surface area contributed by atoms with Gasteiger partial charge in [0.25, 0.3) is 0 Å². The van der Waals surface area contributed by atoms with Gasteiger partial charge in [0.1, 0.15) is 17.1 Å². The maximum absolute atomic E-state index is 14.7. The molecule has 0 unspecified atom stereocenters. The number of hydrogen-bond donors (Lipinski definition) is 6. The van der Waals surface area contributed by atoms with Gasteiger partial charge in [-0.2, -0.15) is 0 Å². The van der Waals surface area contributed by atoms with E-state index in [0.717, 1.165) is 49.3 Å². The number of aryl methyl sites for hydroxylation is 1. The molecule has 6 rings (SSSR count). The summed E-state index contributed by atoms with van der Waals surface area (Å²) < 4.78 is 0. The SMILES string of the molecule is Cc1[nH]c2ccccc2c1C[C@H]1C(=O)NCc2c(-c3cccnc3)ccc(Cl)c2Sc2ncccc2CN[C@@H](CCCN)C(=O)N[C@@H](CCCCN)C(=O)N1C. The number of nitrogens with two attached hydrogens (primary N) is 2. The van der Waals surface area contributed by atoms with Gasteiger partial charge in [-0.05, 0) is 98.6 Å². The normalized spacial score (nSPS) is 18.6. The van der Waals surface area contributed by atoms with Gasteiger partial charge in [-0.3, -0.25) is 19.4 Å². The van der Waals surface area contributed by atoms with Crippen molar-refractivity contribution in [1.29, 1.82) is 0 Å². The Kier molecular flexibility index (Phi) is 14.1. The molecule has 4 heterocycles. The van der Waals surface area contributed by atoms with Crippen molar-refractivity contribution in [1.82, 2.24) is 35.8 Å². The number of aromatic amines is 1. The van der Waals surface area contributed by atoms with Gasteiger partial charge in [0.2, 0.25) is 17.7 Å². The molecule has 0 bridgehead atoms. The fourth-order valence-electron chi connectivity index (χ4n) is 7.22. The van der Waals surface area contributed by atoms with Crippen LogP contribution in [0.4, 0.5) is 0 Å². The molecule has 0 saturated heterocycles. The van der Waals surface area contributed by atoms with Crippen LogP contribution in [0.3, 0.4) is 0 Å². The summed E-state index contributed by atoms with van der Waals surface area (Å²) in [5, 5.41) is 11.9. The highest BCUT2D eigenvalue weighted by molar-refractivity contribution is 7.99. The first-order valence-electron chi connectivity index (χ1n) is 19.1. The number of aromatic nitrogens is 3. The van der Waals surface area contributed by atoms with Crippen molar-refractivity contribution >= 4 is 52.0 Å². The average Bonchev–Trinajstić information content (AvgIpc) is 3.53. The molecule has 14 heteroatoms. The number of fused-ring (bicyclic) bond motifs is 3. The molecule has 0 spiro atoms. The molecule has 3 amide bonds. The maximum atomic E-state index is 14.7. The van der Waals surface area contributed by atoms with Gasteiger partial charge >= 0.3 is 0 Å². The minimum atomic E-state index is -0.935. The first kappa shape index (κ1) is 40.9. The summed E-state index contributed by atoms with van der Waals surface area (Å²) in [5.41, 5.74) is 17.9. The minimum Gasteiger partial charge on any atom is -0.358 e. The highest BCUT2D eigenvalue weighted by Gasteiger charge is 2.34. The molecule has 56 heavy (non-hydrogen) atoms. The van der Waals surface area contributed by atoms with Gasteiger partial charge in [-0.25, -0.2) is 4.98 Å². The molecule has 0 aliphatic carbocycles. The van der Waals surface area contributed by atoms with Gasteiger partial charge in [0, 0.05) is 72.2 Å². The Morgan fingerprint density at radius 2 is 1.68 bits per heavy atom. The Morgan fingerprint density at radius 3 is 2.46 bits per heavy atom. The molecule has 1 aliphatic heterocycles. The van der Waals surface area contributed by atoms with Crippen molar-refractivity contribution in [3.63, 3.8) is 0 Å². The number of unbranched alkanes of at least 4 members (excludes halogenated alkanes) is 1. The second-order valence-electron chi connectivity index (χ2n) is 14.1. The number of H-pyrrole nitrogens is 1. The van der Waals surface area contributed by atoms with E-state index in [1.807, 2.05) is 67.6 Å². The zero-order chi connectivity index (χ0) is 39.6. The Hall–Kier alpha value is -4.79. The van der Waals surface area contributed by atoms with Crippen LogP contribution in [0, 0.1) is 6.92 Å². The summed E-state index contributed by atoms with van der Waals surface area (Å²) in [6.07, 6.45) is 8.15. The molecule has 1 aliphatic rings. The highest BCUT2D eigenvalue weighted by atomic mass is 35.5. The standard InChI is InChI=1S/C42H50ClN9O3S/c1-26-31(30-12-3-4-13-34(30)50-26)22-37-40(54)49-25-32-29(27-10-8-20-46-23-27)16-17-33(43)38(32)56-41-28(11-9-21-47-41)24-48-35(15-7-19-45)39(53)51-36(14-5-6-18-44)42(55)52(37)2/h3-4,8-13,16-17,20-21,23,35-37,48,50H,5-7,14-15,18-19,22,24-25,44-45H2,1-2H3,(H,49,54)(H,51,53)/t35-,36-,37-/m0/s1. The number of hydrogen-bond acceptors (Lipinski definition) is 9. The van der Waals surface area contributed by atoms with Crippen molar-refractivity contribution in [2.45, 2.75) is 86.6 Å². The Balaban J connectivity index is 1.48. The molecule has 0 radical (unpaired) electrons. The summed E-state index contributed by atoms with van der Waals surface area (Å²) >= 11 is 8.41. The third-order valence-corrected chi connectivity index (χ3v) is 12.0. The number of rotatable bonds is 10. The van der Waals surface area contributed by atoms with Gasteiger partial charge < -0.3 is 37.3 Å². The second-order valence-corrected chi connectivity index (χ2v) is 15.5. The van der Waals surface area contributed by atoms with E-state index in [4.69, 9.17) is 28.1 Å². The molecule has 8 N–H and O–H groups in total. The molecule has 0 saturated carbocycles. The van der Waals surface area contributed by atoms with E-state index >= 15 is 0 Å². The van der Waals surface area contributed by atoms with Crippen molar-refractivity contribution in [2.24, 2.45) is 11.5 Å². The smallest absolute Gasteiger partial charge is 0.245 e. The van der Waals surface area contributed by atoms with Crippen LogP contribution in [0.2, 0.25) is 5.02 Å². The van der Waals surface area contributed by atoms with E-state index < -0.39 is 18.1 Å². The third kappa shape index (κ3) is 9.59. The van der Waals surface area contributed by atoms with Crippen LogP contribution in [-0.4, -0.2) is 75.8 Å². The first-order chi connectivity index (χ1) is 27.2. The topological polar surface area (TPSA) is 184 Å². The molecule has 0 fully saturated rings. The molecular weight excluding hydrogens is 746 g/mol. The van der Waals surface area contributed by atoms with Crippen LogP contribution in [-0.2, 0) is 33.9 Å². The van der Waals surface area contributed by atoms with Crippen molar-refractivity contribution < 1.29 is 14.4 Å².